The highest BCUT2D eigenvalue weighted by Gasteiger charge is 2.15. The quantitative estimate of drug-likeness (QED) is 0.174. The topological polar surface area (TPSA) is 116 Å². The van der Waals surface area contributed by atoms with Crippen molar-refractivity contribution in [1.29, 1.82) is 5.26 Å². The number of nitrogens with zero attached hydrogens (tertiary/aromatic N) is 5. The molecule has 0 bridgehead atoms. The minimum atomic E-state index is -0.411. The van der Waals surface area contributed by atoms with E-state index in [1.165, 1.54) is 6.20 Å². The Bertz CT molecular complexity index is 1760. The molecule has 10 heteroatoms. The molecular formula is C29H22BrN5O4. The summed E-state index contributed by atoms with van der Waals surface area (Å²) in [7, 11) is 0. The second-order valence-corrected chi connectivity index (χ2v) is 9.39. The van der Waals surface area contributed by atoms with Crippen molar-refractivity contribution in [3.8, 4) is 17.5 Å². The van der Waals surface area contributed by atoms with E-state index in [0.29, 0.717) is 45.7 Å². The maximum Gasteiger partial charge on any atom is 0.338 e. The van der Waals surface area contributed by atoms with Gasteiger partial charge in [-0.2, -0.15) is 5.26 Å². The van der Waals surface area contributed by atoms with Crippen LogP contribution in [0.3, 0.4) is 0 Å². The van der Waals surface area contributed by atoms with Gasteiger partial charge in [0.25, 0.3) is 0 Å². The molecule has 0 aliphatic carbocycles. The molecule has 0 fully saturated rings. The predicted octanol–water partition coefficient (Wildman–Crippen LogP) is 5.52. The maximum absolute atomic E-state index is 12.4. The van der Waals surface area contributed by atoms with Crippen LogP contribution in [0.1, 0.15) is 27.0 Å². The first-order valence-corrected chi connectivity index (χ1v) is 12.8. The number of ether oxygens (including phenoxy) is 1. The summed E-state index contributed by atoms with van der Waals surface area (Å²) in [5.41, 5.74) is 4.85. The van der Waals surface area contributed by atoms with Crippen LogP contribution in [0.2, 0.25) is 0 Å². The summed E-state index contributed by atoms with van der Waals surface area (Å²) in [5, 5.41) is 13.5. The lowest BCUT2D eigenvalue weighted by molar-refractivity contribution is 0.0488. The molecule has 5 aromatic rings. The molecule has 0 radical (unpaired) electrons. The number of carbonyl (C=O) groups excluding carboxylic acids is 1. The molecule has 2 aromatic carbocycles. The zero-order chi connectivity index (χ0) is 27.2. The van der Waals surface area contributed by atoms with Gasteiger partial charge in [0.1, 0.15) is 19.3 Å². The van der Waals surface area contributed by atoms with Gasteiger partial charge in [0.2, 0.25) is 11.4 Å². The number of oxazole rings is 1. The zero-order valence-corrected chi connectivity index (χ0v) is 22.5. The van der Waals surface area contributed by atoms with E-state index in [9.17, 15) is 4.79 Å². The standard InChI is InChI=1S/C29H22BrN5O4/c1-19-23(8-5-9-24(19)30)28-33-26-25(39-28)10-11-35(12-13-37-29(36)22-6-3-2-4-7-22)27(26)34-38-18-21-14-20(15-31)16-32-17-21/h2-11,14,16-17H,12-13,18H2,1H3/b34-27-. The number of rotatable bonds is 8. The van der Waals surface area contributed by atoms with Crippen molar-refractivity contribution >= 4 is 33.0 Å². The Morgan fingerprint density at radius 3 is 2.82 bits per heavy atom. The van der Waals surface area contributed by atoms with Crippen molar-refractivity contribution in [1.82, 2.24) is 14.5 Å². The molecule has 5 rings (SSSR count). The molecule has 0 aliphatic rings. The van der Waals surface area contributed by atoms with Crippen LogP contribution in [0.5, 0.6) is 0 Å². The Hall–Kier alpha value is -4.75. The van der Waals surface area contributed by atoms with Crippen molar-refractivity contribution < 1.29 is 18.8 Å². The lowest BCUT2D eigenvalue weighted by atomic mass is 10.1. The van der Waals surface area contributed by atoms with E-state index >= 15 is 0 Å². The van der Waals surface area contributed by atoms with Crippen LogP contribution >= 0.6 is 15.9 Å². The molecule has 3 heterocycles. The van der Waals surface area contributed by atoms with Crippen molar-refractivity contribution in [3.63, 3.8) is 0 Å². The molecule has 0 aliphatic heterocycles. The minimum Gasteiger partial charge on any atom is -0.460 e. The molecular weight excluding hydrogens is 562 g/mol. The van der Waals surface area contributed by atoms with E-state index in [1.54, 1.807) is 53.4 Å². The lowest BCUT2D eigenvalue weighted by Crippen LogP contribution is -2.24. The predicted molar refractivity (Wildman–Crippen MR) is 146 cm³/mol. The van der Waals surface area contributed by atoms with Gasteiger partial charge in [0, 0.05) is 34.2 Å². The largest absolute Gasteiger partial charge is 0.460 e. The Balaban J connectivity index is 1.47. The van der Waals surface area contributed by atoms with Crippen LogP contribution < -0.4 is 5.49 Å². The Morgan fingerprint density at radius 1 is 1.15 bits per heavy atom. The Morgan fingerprint density at radius 2 is 2.00 bits per heavy atom. The Labute approximate surface area is 232 Å². The number of benzene rings is 2. The fourth-order valence-electron chi connectivity index (χ4n) is 3.89. The summed E-state index contributed by atoms with van der Waals surface area (Å²) in [6.07, 6.45) is 4.87. The van der Waals surface area contributed by atoms with Crippen LogP contribution in [-0.4, -0.2) is 27.1 Å². The number of aromatic nitrogens is 3. The lowest BCUT2D eigenvalue weighted by Gasteiger charge is -2.09. The molecule has 0 saturated carbocycles. The molecule has 0 unspecified atom stereocenters. The van der Waals surface area contributed by atoms with Gasteiger partial charge in [-0.15, -0.1) is 0 Å². The average Bonchev–Trinajstić information content (AvgIpc) is 3.40. The summed E-state index contributed by atoms with van der Waals surface area (Å²) >= 11 is 3.56. The van der Waals surface area contributed by atoms with E-state index in [-0.39, 0.29) is 13.2 Å². The number of carbonyl (C=O) groups is 1. The van der Waals surface area contributed by atoms with Gasteiger partial charge in [-0.3, -0.25) is 4.98 Å². The van der Waals surface area contributed by atoms with Crippen molar-refractivity contribution in [2.75, 3.05) is 6.61 Å². The van der Waals surface area contributed by atoms with Crippen LogP contribution in [0.15, 0.2) is 93.3 Å². The van der Waals surface area contributed by atoms with Gasteiger partial charge in [0.05, 0.1) is 17.7 Å². The summed E-state index contributed by atoms with van der Waals surface area (Å²) in [6.45, 7) is 2.49. The molecule has 0 spiro atoms. The second kappa shape index (κ2) is 11.8. The van der Waals surface area contributed by atoms with Gasteiger partial charge < -0.3 is 18.6 Å². The van der Waals surface area contributed by atoms with Crippen LogP contribution in [0.25, 0.3) is 22.6 Å². The van der Waals surface area contributed by atoms with Crippen LogP contribution in [-0.2, 0) is 22.7 Å². The number of esters is 1. The minimum absolute atomic E-state index is 0.0946. The van der Waals surface area contributed by atoms with Gasteiger partial charge in [-0.25, -0.2) is 9.78 Å². The van der Waals surface area contributed by atoms with E-state index < -0.39 is 5.97 Å². The monoisotopic (exact) mass is 583 g/mol. The third kappa shape index (κ3) is 5.89. The molecule has 0 N–H and O–H groups in total. The summed E-state index contributed by atoms with van der Waals surface area (Å²) in [6, 6.07) is 20.1. The summed E-state index contributed by atoms with van der Waals surface area (Å²) in [5.74, 6) is 0.0326. The van der Waals surface area contributed by atoms with Crippen molar-refractivity contribution in [3.05, 3.63) is 111 Å². The van der Waals surface area contributed by atoms with E-state index in [0.717, 1.165) is 15.6 Å². The first-order valence-electron chi connectivity index (χ1n) is 12.0. The smallest absolute Gasteiger partial charge is 0.338 e. The fraction of sp³-hybridized carbons (Fsp3) is 0.138. The highest BCUT2D eigenvalue weighted by Crippen LogP contribution is 2.29. The van der Waals surface area contributed by atoms with Crippen molar-refractivity contribution in [2.24, 2.45) is 5.16 Å². The Kier molecular flexibility index (Phi) is 7.80. The van der Waals surface area contributed by atoms with Crippen LogP contribution in [0, 0.1) is 18.3 Å². The van der Waals surface area contributed by atoms with Gasteiger partial charge in [-0.05, 0) is 48.9 Å². The number of fused-ring (bicyclic) bond motifs is 1. The second-order valence-electron chi connectivity index (χ2n) is 8.54. The summed E-state index contributed by atoms with van der Waals surface area (Å²) in [4.78, 5) is 26.9. The normalized spacial score (nSPS) is 11.4. The number of hydrogen-bond donors (Lipinski definition) is 0. The van der Waals surface area contributed by atoms with Gasteiger partial charge in [-0.1, -0.05) is 45.4 Å². The van der Waals surface area contributed by atoms with Crippen LogP contribution in [0.4, 0.5) is 0 Å². The summed E-state index contributed by atoms with van der Waals surface area (Å²) < 4.78 is 14.3. The molecule has 0 atom stereocenters. The highest BCUT2D eigenvalue weighted by atomic mass is 79.9. The third-order valence-electron chi connectivity index (χ3n) is 5.92. The molecule has 0 amide bonds. The molecule has 194 valence electrons. The number of halogens is 1. The first kappa shape index (κ1) is 25.9. The van der Waals surface area contributed by atoms with E-state index in [1.807, 2.05) is 31.2 Å². The van der Waals surface area contributed by atoms with E-state index in [4.69, 9.17) is 24.2 Å². The molecule has 0 saturated heterocycles. The number of hydrogen-bond acceptors (Lipinski definition) is 8. The maximum atomic E-state index is 12.4. The average molecular weight is 584 g/mol. The van der Waals surface area contributed by atoms with Gasteiger partial charge >= 0.3 is 5.97 Å². The SMILES string of the molecule is Cc1c(Br)cccc1-c1nc2/c(=N/OCc3cncc(C#N)c3)n(CCOC(=O)c3ccccc3)ccc2o1. The first-order chi connectivity index (χ1) is 19.0. The number of nitriles is 1. The molecule has 39 heavy (non-hydrogen) atoms. The zero-order valence-electron chi connectivity index (χ0n) is 20.9. The van der Waals surface area contributed by atoms with Gasteiger partial charge in [0.15, 0.2) is 11.1 Å². The highest BCUT2D eigenvalue weighted by molar-refractivity contribution is 9.10. The van der Waals surface area contributed by atoms with E-state index in [2.05, 4.69) is 32.1 Å². The van der Waals surface area contributed by atoms with Crippen molar-refractivity contribution in [2.45, 2.75) is 20.1 Å². The molecule has 3 aromatic heterocycles. The number of pyridine rings is 2. The molecule has 9 nitrogen and oxygen atoms in total. The fourth-order valence-corrected chi connectivity index (χ4v) is 4.26. The third-order valence-corrected chi connectivity index (χ3v) is 6.78.